The van der Waals surface area contributed by atoms with Crippen molar-refractivity contribution >= 4 is 13.3 Å². The fraction of sp³-hybridized carbons (Fsp3) is 0.632. The summed E-state index contributed by atoms with van der Waals surface area (Å²) in [6.45, 7) is 95.0. The SMILES string of the molecule is CCC(C)(CC)c1ccc(C)c(C(C)(C)C)c1.Cc1cc(C2CCC(C(F)(F)F)(C(F)(F)F)CC2)cc(C(C)(C)C)c1C.Cc1cc(C2CCC(C)(C)CC2)cc(C(C)(C)C)c1C.Cc1ccc(C(C)(C)C)cc1C(C)(C)C.Cc1ccc(C)c(C(C)(C)C)c1.Cc1ccc(C2CCCC2)cc1C(C)(C)C.Cc1ccc([Si](C)(C)C)cc1C(C)(C)C. The number of halogens is 6. The van der Waals surface area contributed by atoms with Gasteiger partial charge in [-0.2, -0.15) is 26.3 Å². The Balaban J connectivity index is 0.000000300. The second-order valence-corrected chi connectivity index (χ2v) is 52.9. The zero-order valence-electron chi connectivity index (χ0n) is 85.4. The third-order valence-electron chi connectivity index (χ3n) is 27.4. The first-order valence-electron chi connectivity index (χ1n) is 46.5. The molecule has 0 heterocycles. The van der Waals surface area contributed by atoms with Crippen LogP contribution in [0.1, 0.15) is 431 Å². The molecule has 3 aliphatic rings. The van der Waals surface area contributed by atoms with Crippen LogP contribution in [0.15, 0.2) is 115 Å². The third kappa shape index (κ3) is 30.3. The summed E-state index contributed by atoms with van der Waals surface area (Å²) in [5, 5.41) is 1.57. The van der Waals surface area contributed by atoms with E-state index in [1.54, 1.807) is 16.3 Å². The van der Waals surface area contributed by atoms with Crippen molar-refractivity contribution in [2.24, 2.45) is 10.8 Å². The maximum atomic E-state index is 13.2. The Morgan fingerprint density at radius 3 is 0.917 bits per heavy atom. The minimum atomic E-state index is -5.27. The van der Waals surface area contributed by atoms with Crippen LogP contribution in [0.4, 0.5) is 26.3 Å². The van der Waals surface area contributed by atoms with E-state index >= 15 is 0 Å². The zero-order valence-corrected chi connectivity index (χ0v) is 86.4. The highest BCUT2D eigenvalue weighted by Crippen LogP contribution is 2.60. The number of aryl methyl sites for hydroxylation is 8. The molecule has 0 amide bonds. The van der Waals surface area contributed by atoms with Gasteiger partial charge in [-0.05, 0) is 335 Å². The van der Waals surface area contributed by atoms with Gasteiger partial charge < -0.3 is 0 Å². The summed E-state index contributed by atoms with van der Waals surface area (Å²) in [4.78, 5) is 0. The molecule has 7 heteroatoms. The molecule has 7 aromatic carbocycles. The largest absolute Gasteiger partial charge is 0.403 e. The number of benzene rings is 7. The standard InChI is InChI=1S/C20H26F6.C20H32.C17H28.C16H24.C15H24.C14H24Si.C12H18/c1-12-10-15(11-16(13(12)2)17(3,4)5)14-6-8-18(9-7-14,19(21,22)23)20(24,25)26;1-14-12-17(13-18(15(14)2)19(3,4)5)16-8-10-20(6,7)11-9-16;1-8-17(7,9-2)14-11-10-13(3)15(12-14)16(4,5)6;1-12-9-10-14(13-7-5-6-8-13)11-15(12)16(2,3)4;1-11-8-9-12(14(2,3)4)10-13(11)15(5,6)7;1-11-8-9-12(15(5,6)7)10-13(11)14(2,3)4;1-9-6-7-10(2)11(8-9)12(3,4)5/h10-11,14H,6-9H2,1-5H3;12-13,16H,8-11H2,1-7H3;10-12H,8-9H2,1-7H3;9-11,13H,5-8H2,1-4H3;2*8-10H,1-7H3;6-8H,1-5H3. The summed E-state index contributed by atoms with van der Waals surface area (Å²) >= 11 is 0. The summed E-state index contributed by atoms with van der Waals surface area (Å²) in [6.07, 6.45) is 0.953. The fourth-order valence-corrected chi connectivity index (χ4v) is 19.6. The van der Waals surface area contributed by atoms with Crippen LogP contribution >= 0.6 is 0 Å². The van der Waals surface area contributed by atoms with Gasteiger partial charge in [0.25, 0.3) is 0 Å². The topological polar surface area (TPSA) is 0 Å². The minimum absolute atomic E-state index is 0.106. The van der Waals surface area contributed by atoms with Crippen LogP contribution in [0.2, 0.25) is 19.6 Å². The van der Waals surface area contributed by atoms with E-state index in [-0.39, 0.29) is 62.1 Å². The molecule has 3 aliphatic carbocycles. The van der Waals surface area contributed by atoms with Crippen LogP contribution in [-0.2, 0) is 48.7 Å². The molecule has 0 aliphatic heterocycles. The van der Waals surface area contributed by atoms with Crippen molar-refractivity contribution in [3.8, 4) is 0 Å². The van der Waals surface area contributed by atoms with Gasteiger partial charge in [-0.3, -0.25) is 0 Å². The summed E-state index contributed by atoms with van der Waals surface area (Å²) in [5.41, 5.74) is 29.5. The molecule has 0 atom stereocenters. The van der Waals surface area contributed by atoms with Crippen LogP contribution < -0.4 is 5.19 Å². The summed E-state index contributed by atoms with van der Waals surface area (Å²) in [7, 11) is -1.17. The van der Waals surface area contributed by atoms with E-state index in [9.17, 15) is 26.3 Å². The van der Waals surface area contributed by atoms with Gasteiger partial charge in [-0.15, -0.1) is 0 Å². The predicted octanol–water partition coefficient (Wildman–Crippen LogP) is 36.0. The van der Waals surface area contributed by atoms with Crippen molar-refractivity contribution in [2.75, 3.05) is 0 Å². The number of rotatable bonds is 7. The Hall–Kier alpha value is -5.66. The molecular formula is C114H176F6Si. The zero-order chi connectivity index (χ0) is 93.3. The Morgan fingerprint density at radius 1 is 0.298 bits per heavy atom. The molecule has 0 nitrogen and oxygen atoms in total. The van der Waals surface area contributed by atoms with E-state index in [0.29, 0.717) is 10.8 Å². The van der Waals surface area contributed by atoms with Crippen LogP contribution in [0.3, 0.4) is 0 Å². The van der Waals surface area contributed by atoms with Crippen molar-refractivity contribution in [3.63, 3.8) is 0 Å². The van der Waals surface area contributed by atoms with Gasteiger partial charge in [-0.1, -0.05) is 359 Å². The molecule has 0 unspecified atom stereocenters. The van der Waals surface area contributed by atoms with Crippen molar-refractivity contribution < 1.29 is 26.3 Å². The van der Waals surface area contributed by atoms with E-state index < -0.39 is 38.7 Å². The maximum absolute atomic E-state index is 13.2. The molecule has 10 rings (SSSR count). The highest BCUT2D eigenvalue weighted by Gasteiger charge is 2.70. The molecule has 3 fully saturated rings. The minimum Gasteiger partial charge on any atom is -0.170 e. The lowest BCUT2D eigenvalue weighted by atomic mass is 9.67. The monoisotopic (exact) mass is 1690 g/mol. The average Bonchev–Trinajstić information content (AvgIpc) is 0.804. The maximum Gasteiger partial charge on any atom is 0.403 e. The first-order chi connectivity index (χ1) is 54.6. The Labute approximate surface area is 741 Å². The third-order valence-corrected chi connectivity index (χ3v) is 29.5. The molecule has 678 valence electrons. The van der Waals surface area contributed by atoms with Crippen molar-refractivity contribution in [1.29, 1.82) is 0 Å². The van der Waals surface area contributed by atoms with Gasteiger partial charge in [-0.25, -0.2) is 0 Å². The van der Waals surface area contributed by atoms with Crippen LogP contribution in [0.25, 0.3) is 0 Å². The molecule has 0 spiro atoms. The van der Waals surface area contributed by atoms with Crippen molar-refractivity contribution in [3.05, 3.63) is 238 Å². The van der Waals surface area contributed by atoms with Crippen molar-refractivity contribution in [2.45, 2.75) is 458 Å². The number of alkyl halides is 6. The van der Waals surface area contributed by atoms with E-state index in [2.05, 4.69) is 379 Å². The predicted molar refractivity (Wildman–Crippen MR) is 525 cm³/mol. The molecule has 0 N–H and O–H groups in total. The molecular weight excluding hydrogens is 1510 g/mol. The highest BCUT2D eigenvalue weighted by atomic mass is 28.3. The van der Waals surface area contributed by atoms with E-state index in [0.717, 1.165) is 34.1 Å². The van der Waals surface area contributed by atoms with Gasteiger partial charge >= 0.3 is 12.4 Å². The molecule has 0 bridgehead atoms. The summed E-state index contributed by atoms with van der Waals surface area (Å²) in [5.74, 6) is 1.35. The van der Waals surface area contributed by atoms with Crippen LogP contribution in [-0.4, -0.2) is 20.4 Å². The lowest BCUT2D eigenvalue weighted by Gasteiger charge is -2.42. The lowest BCUT2D eigenvalue weighted by Crippen LogP contribution is -2.51. The van der Waals surface area contributed by atoms with E-state index in [1.165, 1.54) is 153 Å². The highest BCUT2D eigenvalue weighted by molar-refractivity contribution is 6.88. The van der Waals surface area contributed by atoms with Gasteiger partial charge in [0.05, 0.1) is 8.07 Å². The molecule has 0 aromatic heterocycles. The normalized spacial score (nSPS) is 16.1. The van der Waals surface area contributed by atoms with Gasteiger partial charge in [0.1, 0.15) is 0 Å². The second-order valence-electron chi connectivity index (χ2n) is 47.8. The van der Waals surface area contributed by atoms with Crippen LogP contribution in [0, 0.1) is 80.1 Å². The second kappa shape index (κ2) is 41.0. The molecule has 7 aromatic rings. The molecule has 0 radical (unpaired) electrons. The van der Waals surface area contributed by atoms with E-state index in [1.807, 2.05) is 26.0 Å². The Bertz CT molecular complexity index is 4360. The Kier molecular flexibility index (Phi) is 36.5. The number of hydrogen-bond acceptors (Lipinski definition) is 0. The van der Waals surface area contributed by atoms with E-state index in [4.69, 9.17) is 0 Å². The fourth-order valence-electron chi connectivity index (χ4n) is 18.5. The van der Waals surface area contributed by atoms with Gasteiger partial charge in [0.2, 0.25) is 0 Å². The Morgan fingerprint density at radius 2 is 0.587 bits per heavy atom. The molecule has 3 saturated carbocycles. The summed E-state index contributed by atoms with van der Waals surface area (Å²) in [6, 6.07) is 43.6. The first-order valence-corrected chi connectivity index (χ1v) is 50.0. The van der Waals surface area contributed by atoms with Crippen molar-refractivity contribution in [1.82, 2.24) is 0 Å². The first kappa shape index (κ1) is 108. The lowest BCUT2D eigenvalue weighted by molar-refractivity contribution is -0.350. The average molecular weight is 1690 g/mol. The smallest absolute Gasteiger partial charge is 0.170 e. The molecule has 0 saturated heterocycles. The molecule has 121 heavy (non-hydrogen) atoms. The van der Waals surface area contributed by atoms with Gasteiger partial charge in [0.15, 0.2) is 5.41 Å². The summed E-state index contributed by atoms with van der Waals surface area (Å²) < 4.78 is 79.4. The number of hydrogen-bond donors (Lipinski definition) is 0. The van der Waals surface area contributed by atoms with Crippen LogP contribution in [0.5, 0.6) is 0 Å². The van der Waals surface area contributed by atoms with Gasteiger partial charge in [0, 0.05) is 0 Å². The quantitative estimate of drug-likeness (QED) is 0.110.